The Morgan fingerprint density at radius 3 is 2.38 bits per heavy atom. The van der Waals surface area contributed by atoms with Crippen LogP contribution in [0.3, 0.4) is 0 Å². The molecule has 1 atom stereocenters. The Kier molecular flexibility index (Phi) is 6.38. The van der Waals surface area contributed by atoms with Gasteiger partial charge in [0.2, 0.25) is 11.9 Å². The molecule has 1 fully saturated rings. The standard InChI is InChI=1S/C20H24N6O3/c1-14(18(28)24-17-6-3-5-16(13-17)15(2)27)23-20(29)26-11-9-25(10-12-26)19-21-7-4-8-22-19/h3-8,13-14H,9-12H2,1-2H3,(H,23,29)(H,24,28)/t14-/m0/s1. The third-order valence-corrected chi connectivity index (χ3v) is 4.67. The van der Waals surface area contributed by atoms with E-state index in [1.54, 1.807) is 54.5 Å². The first-order chi connectivity index (χ1) is 13.9. The molecule has 9 heteroatoms. The lowest BCUT2D eigenvalue weighted by Gasteiger charge is -2.35. The molecule has 29 heavy (non-hydrogen) atoms. The van der Waals surface area contributed by atoms with Crippen LogP contribution in [0.1, 0.15) is 24.2 Å². The van der Waals surface area contributed by atoms with Crippen LogP contribution in [0.2, 0.25) is 0 Å². The van der Waals surface area contributed by atoms with Gasteiger partial charge in [-0.2, -0.15) is 0 Å². The number of anilines is 2. The summed E-state index contributed by atoms with van der Waals surface area (Å²) in [4.78, 5) is 48.5. The average molecular weight is 396 g/mol. The Morgan fingerprint density at radius 2 is 1.72 bits per heavy atom. The number of nitrogens with zero attached hydrogens (tertiary/aromatic N) is 4. The monoisotopic (exact) mass is 396 g/mol. The average Bonchev–Trinajstić information content (AvgIpc) is 2.74. The second-order valence-corrected chi connectivity index (χ2v) is 6.82. The van der Waals surface area contributed by atoms with Crippen molar-refractivity contribution in [3.63, 3.8) is 0 Å². The van der Waals surface area contributed by atoms with E-state index in [9.17, 15) is 14.4 Å². The first-order valence-electron chi connectivity index (χ1n) is 9.43. The predicted molar refractivity (Wildman–Crippen MR) is 109 cm³/mol. The van der Waals surface area contributed by atoms with E-state index in [1.807, 2.05) is 4.90 Å². The number of amides is 3. The first kappa shape index (κ1) is 20.2. The van der Waals surface area contributed by atoms with Gasteiger partial charge in [-0.15, -0.1) is 0 Å². The van der Waals surface area contributed by atoms with Crippen molar-refractivity contribution >= 4 is 29.4 Å². The van der Waals surface area contributed by atoms with E-state index in [-0.39, 0.29) is 17.7 Å². The van der Waals surface area contributed by atoms with E-state index in [2.05, 4.69) is 20.6 Å². The SMILES string of the molecule is CC(=O)c1cccc(NC(=O)[C@H](C)NC(=O)N2CCN(c3ncccn3)CC2)c1. The lowest BCUT2D eigenvalue weighted by molar-refractivity contribution is -0.117. The number of piperazine rings is 1. The van der Waals surface area contributed by atoms with Gasteiger partial charge in [0, 0.05) is 49.8 Å². The maximum Gasteiger partial charge on any atom is 0.318 e. The van der Waals surface area contributed by atoms with Gasteiger partial charge in [0.15, 0.2) is 5.78 Å². The zero-order chi connectivity index (χ0) is 20.8. The highest BCUT2D eigenvalue weighted by Crippen LogP contribution is 2.12. The summed E-state index contributed by atoms with van der Waals surface area (Å²) in [5, 5.41) is 5.44. The fraction of sp³-hybridized carbons (Fsp3) is 0.350. The minimum atomic E-state index is -0.723. The number of rotatable bonds is 5. The molecule has 0 unspecified atom stereocenters. The molecular weight excluding hydrogens is 372 g/mol. The van der Waals surface area contributed by atoms with Crippen molar-refractivity contribution in [3.8, 4) is 0 Å². The Balaban J connectivity index is 1.49. The quantitative estimate of drug-likeness (QED) is 0.743. The molecule has 0 saturated carbocycles. The summed E-state index contributed by atoms with van der Waals surface area (Å²) in [5.74, 6) is 0.214. The van der Waals surface area contributed by atoms with Gasteiger partial charge in [-0.05, 0) is 32.0 Å². The van der Waals surface area contributed by atoms with Crippen LogP contribution in [0, 0.1) is 0 Å². The van der Waals surface area contributed by atoms with E-state index in [0.717, 1.165) is 0 Å². The van der Waals surface area contributed by atoms with E-state index < -0.39 is 6.04 Å². The van der Waals surface area contributed by atoms with Gasteiger partial charge in [0.05, 0.1) is 0 Å². The molecular formula is C20H24N6O3. The van der Waals surface area contributed by atoms with Crippen LogP contribution in [-0.2, 0) is 4.79 Å². The second-order valence-electron chi connectivity index (χ2n) is 6.82. The summed E-state index contributed by atoms with van der Waals surface area (Å²) >= 11 is 0. The number of hydrogen-bond acceptors (Lipinski definition) is 6. The van der Waals surface area contributed by atoms with E-state index in [4.69, 9.17) is 0 Å². The lowest BCUT2D eigenvalue weighted by atomic mass is 10.1. The number of Topliss-reactive ketones (excluding diaryl/α,β-unsaturated/α-hetero) is 1. The van der Waals surface area contributed by atoms with Crippen LogP contribution in [0.4, 0.5) is 16.4 Å². The second kappa shape index (κ2) is 9.13. The highest BCUT2D eigenvalue weighted by molar-refractivity contribution is 5.99. The number of aromatic nitrogens is 2. The highest BCUT2D eigenvalue weighted by Gasteiger charge is 2.25. The minimum Gasteiger partial charge on any atom is -0.337 e. The van der Waals surface area contributed by atoms with E-state index in [1.165, 1.54) is 6.92 Å². The van der Waals surface area contributed by atoms with Crippen molar-refractivity contribution in [3.05, 3.63) is 48.3 Å². The smallest absolute Gasteiger partial charge is 0.318 e. The van der Waals surface area contributed by atoms with E-state index >= 15 is 0 Å². The molecule has 3 amide bonds. The van der Waals surface area contributed by atoms with Crippen molar-refractivity contribution in [1.82, 2.24) is 20.2 Å². The summed E-state index contributed by atoms with van der Waals surface area (Å²) in [7, 11) is 0. The van der Waals surface area contributed by atoms with Crippen LogP contribution in [0.15, 0.2) is 42.7 Å². The normalized spacial score (nSPS) is 14.8. The molecule has 152 valence electrons. The molecule has 0 radical (unpaired) electrons. The molecule has 2 heterocycles. The highest BCUT2D eigenvalue weighted by atomic mass is 16.2. The maximum absolute atomic E-state index is 12.5. The third-order valence-electron chi connectivity index (χ3n) is 4.67. The van der Waals surface area contributed by atoms with Gasteiger partial charge < -0.3 is 20.4 Å². The van der Waals surface area contributed by atoms with E-state index in [0.29, 0.717) is 43.4 Å². The molecule has 2 N–H and O–H groups in total. The zero-order valence-electron chi connectivity index (χ0n) is 16.5. The van der Waals surface area contributed by atoms with Crippen molar-refractivity contribution in [2.45, 2.75) is 19.9 Å². The first-order valence-corrected chi connectivity index (χ1v) is 9.43. The molecule has 9 nitrogen and oxygen atoms in total. The molecule has 3 rings (SSSR count). The number of benzene rings is 1. The molecule has 1 aromatic heterocycles. The maximum atomic E-state index is 12.5. The molecule has 0 bridgehead atoms. The molecule has 1 aliphatic rings. The van der Waals surface area contributed by atoms with Crippen molar-refractivity contribution in [2.24, 2.45) is 0 Å². The fourth-order valence-electron chi connectivity index (χ4n) is 2.97. The zero-order valence-corrected chi connectivity index (χ0v) is 16.5. The number of carbonyl (C=O) groups is 3. The summed E-state index contributed by atoms with van der Waals surface area (Å²) < 4.78 is 0. The molecule has 0 spiro atoms. The number of carbonyl (C=O) groups excluding carboxylic acids is 3. The van der Waals surface area contributed by atoms with Gasteiger partial charge in [0.1, 0.15) is 6.04 Å². The van der Waals surface area contributed by atoms with Crippen LogP contribution >= 0.6 is 0 Å². The van der Waals surface area contributed by atoms with Gasteiger partial charge in [-0.25, -0.2) is 14.8 Å². The van der Waals surface area contributed by atoms with Crippen LogP contribution in [-0.4, -0.2) is 64.8 Å². The van der Waals surface area contributed by atoms with Crippen molar-refractivity contribution in [1.29, 1.82) is 0 Å². The number of hydrogen-bond donors (Lipinski definition) is 2. The Bertz CT molecular complexity index is 881. The topological polar surface area (TPSA) is 108 Å². The number of nitrogens with one attached hydrogen (secondary N) is 2. The summed E-state index contributed by atoms with van der Waals surface area (Å²) in [6.45, 7) is 5.35. The molecule has 1 aliphatic heterocycles. The largest absolute Gasteiger partial charge is 0.337 e. The molecule has 2 aromatic rings. The van der Waals surface area contributed by atoms with Crippen LogP contribution in [0.25, 0.3) is 0 Å². The fourth-order valence-corrected chi connectivity index (χ4v) is 2.97. The minimum absolute atomic E-state index is 0.0810. The Morgan fingerprint density at radius 1 is 1.03 bits per heavy atom. The van der Waals surface area contributed by atoms with Gasteiger partial charge >= 0.3 is 6.03 Å². The molecule has 1 saturated heterocycles. The lowest BCUT2D eigenvalue weighted by Crippen LogP contribution is -2.55. The molecule has 1 aromatic carbocycles. The van der Waals surface area contributed by atoms with Crippen molar-refractivity contribution < 1.29 is 14.4 Å². The summed E-state index contributed by atoms with van der Waals surface area (Å²) in [6.07, 6.45) is 3.38. The summed E-state index contributed by atoms with van der Waals surface area (Å²) in [5.41, 5.74) is 1.03. The van der Waals surface area contributed by atoms with Crippen LogP contribution < -0.4 is 15.5 Å². The molecule has 0 aliphatic carbocycles. The summed E-state index contributed by atoms with van der Waals surface area (Å²) in [6, 6.07) is 7.44. The van der Waals surface area contributed by atoms with Gasteiger partial charge in [-0.3, -0.25) is 9.59 Å². The predicted octanol–water partition coefficient (Wildman–Crippen LogP) is 1.54. The van der Waals surface area contributed by atoms with Gasteiger partial charge in [0.25, 0.3) is 0 Å². The Labute approximate surface area is 169 Å². The number of urea groups is 1. The van der Waals surface area contributed by atoms with Crippen LogP contribution in [0.5, 0.6) is 0 Å². The number of ketones is 1. The van der Waals surface area contributed by atoms with Gasteiger partial charge in [-0.1, -0.05) is 12.1 Å². The Hall–Kier alpha value is -3.49. The third kappa shape index (κ3) is 5.28. The van der Waals surface area contributed by atoms with Crippen molar-refractivity contribution in [2.75, 3.05) is 36.4 Å².